The zero-order valence-electron chi connectivity index (χ0n) is 16.3. The first-order chi connectivity index (χ1) is 13.9. The molecule has 1 fully saturated rings. The number of likely N-dealkylation sites (tertiary alicyclic amines) is 1. The molecular weight excluding hydrogens is 474 g/mol. The van der Waals surface area contributed by atoms with Gasteiger partial charge in [0.2, 0.25) is 11.8 Å². The maximum Gasteiger partial charge on any atom is 0.233 e. The SMILES string of the molecule is CCCCC(=O)N1CCC2(C1)CN(C(=O)Cc1ncc(Cl)s1)c1ccc(Br)cc12. The average Bonchev–Trinajstić information content (AvgIpc) is 3.39. The summed E-state index contributed by atoms with van der Waals surface area (Å²) in [6.45, 7) is 4.13. The Hall–Kier alpha value is -1.44. The lowest BCUT2D eigenvalue weighted by Crippen LogP contribution is -2.40. The van der Waals surface area contributed by atoms with Crippen molar-refractivity contribution >= 4 is 56.4 Å². The van der Waals surface area contributed by atoms with Crippen LogP contribution in [-0.2, 0) is 21.4 Å². The minimum atomic E-state index is -0.197. The Morgan fingerprint density at radius 2 is 2.14 bits per heavy atom. The number of nitrogens with zero attached hydrogens (tertiary/aromatic N) is 3. The second kappa shape index (κ2) is 8.36. The summed E-state index contributed by atoms with van der Waals surface area (Å²) in [7, 11) is 0. The number of anilines is 1. The molecular formula is C21H23BrClN3O2S. The molecule has 2 aliphatic rings. The van der Waals surface area contributed by atoms with Gasteiger partial charge in [-0.05, 0) is 36.6 Å². The molecule has 1 spiro atoms. The monoisotopic (exact) mass is 495 g/mol. The van der Waals surface area contributed by atoms with E-state index in [9.17, 15) is 9.59 Å². The van der Waals surface area contributed by atoms with Crippen molar-refractivity contribution in [2.45, 2.75) is 44.4 Å². The van der Waals surface area contributed by atoms with Gasteiger partial charge >= 0.3 is 0 Å². The first kappa shape index (κ1) is 20.8. The Bertz CT molecular complexity index is 950. The number of carbonyl (C=O) groups excluding carboxylic acids is 2. The van der Waals surface area contributed by atoms with E-state index in [0.29, 0.717) is 23.8 Å². The van der Waals surface area contributed by atoms with E-state index in [2.05, 4.69) is 33.9 Å². The number of unbranched alkanes of at least 4 members (excludes halogenated alkanes) is 1. The van der Waals surface area contributed by atoms with Crippen LogP contribution in [0.15, 0.2) is 28.9 Å². The summed E-state index contributed by atoms with van der Waals surface area (Å²) in [5, 5.41) is 0.724. The molecule has 1 aromatic heterocycles. The number of carbonyl (C=O) groups is 2. The highest BCUT2D eigenvalue weighted by molar-refractivity contribution is 9.10. The normalized spacial score (nSPS) is 20.5. The molecule has 154 valence electrons. The molecule has 0 aliphatic carbocycles. The van der Waals surface area contributed by atoms with Gasteiger partial charge in [-0.1, -0.05) is 40.9 Å². The van der Waals surface area contributed by atoms with Crippen LogP contribution in [-0.4, -0.2) is 41.3 Å². The Morgan fingerprint density at radius 1 is 1.31 bits per heavy atom. The molecule has 2 aromatic rings. The van der Waals surface area contributed by atoms with Gasteiger partial charge in [-0.3, -0.25) is 9.59 Å². The van der Waals surface area contributed by atoms with Gasteiger partial charge < -0.3 is 9.80 Å². The summed E-state index contributed by atoms with van der Waals surface area (Å²) in [5.74, 6) is 0.245. The first-order valence-corrected chi connectivity index (χ1v) is 11.9. The van der Waals surface area contributed by atoms with E-state index in [4.69, 9.17) is 11.6 Å². The zero-order chi connectivity index (χ0) is 20.6. The van der Waals surface area contributed by atoms with Crippen molar-refractivity contribution in [2.75, 3.05) is 24.5 Å². The van der Waals surface area contributed by atoms with Gasteiger partial charge in [0.15, 0.2) is 0 Å². The molecule has 5 nitrogen and oxygen atoms in total. The molecule has 1 aromatic carbocycles. The maximum absolute atomic E-state index is 13.1. The summed E-state index contributed by atoms with van der Waals surface area (Å²) >= 11 is 10.9. The van der Waals surface area contributed by atoms with Crippen LogP contribution in [0, 0.1) is 0 Å². The Kier molecular flexibility index (Phi) is 6.00. The average molecular weight is 497 g/mol. The van der Waals surface area contributed by atoms with Crippen LogP contribution in [0.25, 0.3) is 0 Å². The minimum Gasteiger partial charge on any atom is -0.342 e. The quantitative estimate of drug-likeness (QED) is 0.597. The molecule has 1 unspecified atom stereocenters. The summed E-state index contributed by atoms with van der Waals surface area (Å²) in [5.41, 5.74) is 1.91. The smallest absolute Gasteiger partial charge is 0.233 e. The van der Waals surface area contributed by atoms with Crippen LogP contribution in [0.2, 0.25) is 4.34 Å². The highest BCUT2D eigenvalue weighted by Crippen LogP contribution is 2.47. The number of benzene rings is 1. The molecule has 0 N–H and O–H groups in total. The van der Waals surface area contributed by atoms with Gasteiger partial charge in [-0.2, -0.15) is 0 Å². The third kappa shape index (κ3) is 4.09. The Labute approximate surface area is 188 Å². The lowest BCUT2D eigenvalue weighted by Gasteiger charge is -2.26. The predicted molar refractivity (Wildman–Crippen MR) is 120 cm³/mol. The van der Waals surface area contributed by atoms with Crippen LogP contribution < -0.4 is 4.90 Å². The minimum absolute atomic E-state index is 0.0206. The van der Waals surface area contributed by atoms with Crippen molar-refractivity contribution in [1.82, 2.24) is 9.88 Å². The van der Waals surface area contributed by atoms with E-state index < -0.39 is 0 Å². The standard InChI is InChI=1S/C21H23BrClN3O2S/c1-2-3-4-19(27)25-8-7-21(12-25)13-26(16-6-5-14(22)9-15(16)21)20(28)10-18-24-11-17(23)29-18/h5-6,9,11H,2-4,7-8,10,12-13H2,1H3. The zero-order valence-corrected chi connectivity index (χ0v) is 19.4. The van der Waals surface area contributed by atoms with Gasteiger partial charge in [-0.15, -0.1) is 11.3 Å². The van der Waals surface area contributed by atoms with E-state index in [1.807, 2.05) is 21.9 Å². The highest BCUT2D eigenvalue weighted by Gasteiger charge is 2.49. The molecule has 0 bridgehead atoms. The Morgan fingerprint density at radius 3 is 2.86 bits per heavy atom. The van der Waals surface area contributed by atoms with Gasteiger partial charge in [0.1, 0.15) is 9.34 Å². The molecule has 0 saturated carbocycles. The van der Waals surface area contributed by atoms with Gasteiger partial charge in [0, 0.05) is 41.6 Å². The first-order valence-electron chi connectivity index (χ1n) is 9.90. The van der Waals surface area contributed by atoms with Gasteiger partial charge in [0.05, 0.1) is 12.6 Å². The fourth-order valence-electron chi connectivity index (χ4n) is 4.38. The number of hydrogen-bond donors (Lipinski definition) is 0. The number of amides is 2. The third-order valence-corrected chi connectivity index (χ3v) is 7.47. The molecule has 2 amide bonds. The highest BCUT2D eigenvalue weighted by atomic mass is 79.9. The number of halogens is 2. The van der Waals surface area contributed by atoms with Crippen LogP contribution in [0.3, 0.4) is 0 Å². The summed E-state index contributed by atoms with van der Waals surface area (Å²) in [6.07, 6.45) is 5.24. The van der Waals surface area contributed by atoms with E-state index >= 15 is 0 Å². The molecule has 1 atom stereocenters. The summed E-state index contributed by atoms with van der Waals surface area (Å²) in [6, 6.07) is 6.09. The predicted octanol–water partition coefficient (Wildman–Crippen LogP) is 4.81. The number of aromatic nitrogens is 1. The summed E-state index contributed by atoms with van der Waals surface area (Å²) in [4.78, 5) is 33.8. The molecule has 1 saturated heterocycles. The lowest BCUT2D eigenvalue weighted by atomic mass is 9.81. The molecule has 3 heterocycles. The van der Waals surface area contributed by atoms with Crippen molar-refractivity contribution in [3.8, 4) is 0 Å². The van der Waals surface area contributed by atoms with Crippen LogP contribution >= 0.6 is 38.9 Å². The van der Waals surface area contributed by atoms with Gasteiger partial charge in [0.25, 0.3) is 0 Å². The third-order valence-electron chi connectivity index (χ3n) is 5.86. The topological polar surface area (TPSA) is 53.5 Å². The van der Waals surface area contributed by atoms with Crippen molar-refractivity contribution in [2.24, 2.45) is 0 Å². The maximum atomic E-state index is 13.1. The second-order valence-corrected chi connectivity index (χ2v) is 10.5. The summed E-state index contributed by atoms with van der Waals surface area (Å²) < 4.78 is 1.58. The molecule has 29 heavy (non-hydrogen) atoms. The van der Waals surface area contributed by atoms with Crippen molar-refractivity contribution in [3.05, 3.63) is 43.8 Å². The van der Waals surface area contributed by atoms with Crippen molar-refractivity contribution < 1.29 is 9.59 Å². The van der Waals surface area contributed by atoms with E-state index in [-0.39, 0.29) is 23.7 Å². The van der Waals surface area contributed by atoms with Gasteiger partial charge in [-0.25, -0.2) is 4.98 Å². The van der Waals surface area contributed by atoms with Crippen LogP contribution in [0.5, 0.6) is 0 Å². The van der Waals surface area contributed by atoms with Crippen molar-refractivity contribution in [1.29, 1.82) is 0 Å². The van der Waals surface area contributed by atoms with E-state index in [1.165, 1.54) is 11.3 Å². The fraction of sp³-hybridized carbons (Fsp3) is 0.476. The number of thiazole rings is 1. The van der Waals surface area contributed by atoms with Crippen LogP contribution in [0.1, 0.15) is 43.2 Å². The lowest BCUT2D eigenvalue weighted by molar-refractivity contribution is -0.130. The molecule has 4 rings (SSSR count). The molecule has 0 radical (unpaired) electrons. The molecule has 2 aliphatic heterocycles. The second-order valence-electron chi connectivity index (χ2n) is 7.83. The molecule has 8 heteroatoms. The number of hydrogen-bond acceptors (Lipinski definition) is 4. The van der Waals surface area contributed by atoms with Crippen LogP contribution in [0.4, 0.5) is 5.69 Å². The number of fused-ring (bicyclic) bond motifs is 2. The van der Waals surface area contributed by atoms with E-state index in [0.717, 1.165) is 46.5 Å². The van der Waals surface area contributed by atoms with E-state index in [1.54, 1.807) is 6.20 Å². The number of rotatable bonds is 5. The Balaban J connectivity index is 1.58. The van der Waals surface area contributed by atoms with Crippen molar-refractivity contribution in [3.63, 3.8) is 0 Å². The fourth-order valence-corrected chi connectivity index (χ4v) is 5.69. The largest absolute Gasteiger partial charge is 0.342 e.